The zero-order chi connectivity index (χ0) is 15.1. The lowest BCUT2D eigenvalue weighted by atomic mass is 10.1. The first-order chi connectivity index (χ1) is 10.7. The molecule has 2 aromatic carbocycles. The molecule has 1 amide bonds. The molecule has 4 rings (SSSR count). The fourth-order valence-electron chi connectivity index (χ4n) is 3.16. The summed E-state index contributed by atoms with van der Waals surface area (Å²) >= 11 is 0. The number of rotatable bonds is 2. The summed E-state index contributed by atoms with van der Waals surface area (Å²) in [6.45, 7) is 0. The lowest BCUT2D eigenvalue weighted by molar-refractivity contribution is 0.0858. The van der Waals surface area contributed by atoms with Crippen LogP contribution in [0.1, 0.15) is 27.5 Å². The van der Waals surface area contributed by atoms with Gasteiger partial charge in [-0.15, -0.1) is 0 Å². The highest BCUT2D eigenvalue weighted by Crippen LogP contribution is 2.31. The first-order valence-corrected chi connectivity index (χ1v) is 7.36. The van der Waals surface area contributed by atoms with E-state index < -0.39 is 6.10 Å². The van der Waals surface area contributed by atoms with Crippen LogP contribution in [0.25, 0.3) is 10.9 Å². The van der Waals surface area contributed by atoms with Gasteiger partial charge in [0.2, 0.25) is 0 Å². The van der Waals surface area contributed by atoms with Crippen molar-refractivity contribution >= 4 is 16.8 Å². The molecule has 0 radical (unpaired) electrons. The number of aliphatic hydroxyl groups is 1. The molecular formula is C18H16N2O2. The summed E-state index contributed by atoms with van der Waals surface area (Å²) in [5, 5.41) is 14.3. The molecule has 4 nitrogen and oxygen atoms in total. The Morgan fingerprint density at radius 2 is 2.05 bits per heavy atom. The number of fused-ring (bicyclic) bond motifs is 2. The van der Waals surface area contributed by atoms with Crippen LogP contribution in [0, 0.1) is 0 Å². The third-order valence-corrected chi connectivity index (χ3v) is 4.31. The van der Waals surface area contributed by atoms with Crippen molar-refractivity contribution in [1.82, 2.24) is 10.3 Å². The SMILES string of the molecule is O=C(N[C@@H]1c2ccccc2C[C@@H]1O)c1ccc2cc[nH]c2c1. The van der Waals surface area contributed by atoms with Crippen molar-refractivity contribution in [3.05, 3.63) is 71.4 Å². The minimum atomic E-state index is -0.574. The van der Waals surface area contributed by atoms with Crippen molar-refractivity contribution in [2.24, 2.45) is 0 Å². The van der Waals surface area contributed by atoms with Gasteiger partial charge in [-0.25, -0.2) is 0 Å². The van der Waals surface area contributed by atoms with Crippen LogP contribution in [0.15, 0.2) is 54.7 Å². The van der Waals surface area contributed by atoms with Gasteiger partial charge in [0.05, 0.1) is 12.1 Å². The van der Waals surface area contributed by atoms with E-state index in [9.17, 15) is 9.90 Å². The van der Waals surface area contributed by atoms with Gasteiger partial charge in [-0.3, -0.25) is 4.79 Å². The number of benzene rings is 2. The number of hydrogen-bond acceptors (Lipinski definition) is 2. The van der Waals surface area contributed by atoms with Gasteiger partial charge in [-0.2, -0.15) is 0 Å². The van der Waals surface area contributed by atoms with Gasteiger partial charge in [0, 0.05) is 23.7 Å². The summed E-state index contributed by atoms with van der Waals surface area (Å²) in [5.74, 6) is -0.169. The molecule has 0 saturated heterocycles. The molecule has 110 valence electrons. The number of aromatic amines is 1. The number of carbonyl (C=O) groups excluding carboxylic acids is 1. The predicted molar refractivity (Wildman–Crippen MR) is 84.7 cm³/mol. The second-order valence-corrected chi connectivity index (χ2v) is 5.70. The minimum absolute atomic E-state index is 0.169. The summed E-state index contributed by atoms with van der Waals surface area (Å²) < 4.78 is 0. The number of amides is 1. The van der Waals surface area contributed by atoms with Gasteiger partial charge in [-0.05, 0) is 34.7 Å². The highest BCUT2D eigenvalue weighted by atomic mass is 16.3. The highest BCUT2D eigenvalue weighted by Gasteiger charge is 2.32. The van der Waals surface area contributed by atoms with Crippen molar-refractivity contribution in [2.75, 3.05) is 0 Å². The lowest BCUT2D eigenvalue weighted by Gasteiger charge is -2.18. The number of hydrogen-bond donors (Lipinski definition) is 3. The second-order valence-electron chi connectivity index (χ2n) is 5.70. The summed E-state index contributed by atoms with van der Waals surface area (Å²) in [5.41, 5.74) is 3.62. The summed E-state index contributed by atoms with van der Waals surface area (Å²) in [6, 6.07) is 15.0. The van der Waals surface area contributed by atoms with Gasteiger partial charge in [0.25, 0.3) is 5.91 Å². The van der Waals surface area contributed by atoms with E-state index in [1.54, 1.807) is 6.07 Å². The fraction of sp³-hybridized carbons (Fsp3) is 0.167. The number of carbonyl (C=O) groups is 1. The maximum absolute atomic E-state index is 12.5. The fourth-order valence-corrected chi connectivity index (χ4v) is 3.16. The molecule has 3 N–H and O–H groups in total. The highest BCUT2D eigenvalue weighted by molar-refractivity contribution is 5.98. The number of aliphatic hydroxyl groups excluding tert-OH is 1. The average molecular weight is 292 g/mol. The number of H-pyrrole nitrogens is 1. The molecule has 0 bridgehead atoms. The Labute approximate surface area is 127 Å². The van der Waals surface area contributed by atoms with E-state index in [1.807, 2.05) is 48.7 Å². The quantitative estimate of drug-likeness (QED) is 0.679. The molecule has 0 spiro atoms. The van der Waals surface area contributed by atoms with Gasteiger partial charge in [-0.1, -0.05) is 30.3 Å². The summed E-state index contributed by atoms with van der Waals surface area (Å²) in [6.07, 6.45) is 1.86. The molecule has 0 unspecified atom stereocenters. The lowest BCUT2D eigenvalue weighted by Crippen LogP contribution is -2.33. The number of nitrogens with one attached hydrogen (secondary N) is 2. The average Bonchev–Trinajstić information content (AvgIpc) is 3.11. The van der Waals surface area contributed by atoms with Gasteiger partial charge < -0.3 is 15.4 Å². The molecule has 1 heterocycles. The largest absolute Gasteiger partial charge is 0.390 e. The third kappa shape index (κ3) is 2.09. The van der Waals surface area contributed by atoms with Gasteiger partial charge in [0.15, 0.2) is 0 Å². The third-order valence-electron chi connectivity index (χ3n) is 4.31. The second kappa shape index (κ2) is 5.00. The molecule has 3 aromatic rings. The zero-order valence-corrected chi connectivity index (χ0v) is 11.9. The maximum Gasteiger partial charge on any atom is 0.251 e. The predicted octanol–water partition coefficient (Wildman–Crippen LogP) is 2.56. The molecule has 0 fully saturated rings. The molecule has 2 atom stereocenters. The van der Waals surface area contributed by atoms with Crippen molar-refractivity contribution in [3.8, 4) is 0 Å². The normalized spacial score (nSPS) is 20.0. The Balaban J connectivity index is 1.61. The van der Waals surface area contributed by atoms with E-state index in [-0.39, 0.29) is 11.9 Å². The molecule has 1 aliphatic carbocycles. The summed E-state index contributed by atoms with van der Waals surface area (Å²) in [7, 11) is 0. The van der Waals surface area contributed by atoms with Crippen LogP contribution in [0.4, 0.5) is 0 Å². The summed E-state index contributed by atoms with van der Waals surface area (Å²) in [4.78, 5) is 15.6. The van der Waals surface area contributed by atoms with Crippen molar-refractivity contribution in [3.63, 3.8) is 0 Å². The van der Waals surface area contributed by atoms with Crippen LogP contribution < -0.4 is 5.32 Å². The first-order valence-electron chi connectivity index (χ1n) is 7.36. The maximum atomic E-state index is 12.5. The topological polar surface area (TPSA) is 65.1 Å². The molecule has 1 aliphatic rings. The molecule has 1 aromatic heterocycles. The molecule has 0 saturated carbocycles. The van der Waals surface area contributed by atoms with Crippen molar-refractivity contribution in [2.45, 2.75) is 18.6 Å². The van der Waals surface area contributed by atoms with Crippen LogP contribution in [0.3, 0.4) is 0 Å². The van der Waals surface area contributed by atoms with E-state index in [4.69, 9.17) is 0 Å². The Hall–Kier alpha value is -2.59. The molecule has 22 heavy (non-hydrogen) atoms. The van der Waals surface area contributed by atoms with Gasteiger partial charge >= 0.3 is 0 Å². The van der Waals surface area contributed by atoms with Crippen LogP contribution in [0.5, 0.6) is 0 Å². The Morgan fingerprint density at radius 1 is 1.18 bits per heavy atom. The van der Waals surface area contributed by atoms with E-state index in [1.165, 1.54) is 0 Å². The van der Waals surface area contributed by atoms with E-state index in [0.717, 1.165) is 22.0 Å². The smallest absolute Gasteiger partial charge is 0.251 e. The number of aromatic nitrogens is 1. The Kier molecular flexibility index (Phi) is 2.98. The Bertz CT molecular complexity index is 853. The molecule has 0 aliphatic heterocycles. The Morgan fingerprint density at radius 3 is 2.95 bits per heavy atom. The van der Waals surface area contributed by atoms with Crippen LogP contribution >= 0.6 is 0 Å². The zero-order valence-electron chi connectivity index (χ0n) is 11.9. The standard InChI is InChI=1S/C18H16N2O2/c21-16-10-12-3-1-2-4-14(12)17(16)20-18(22)13-6-5-11-7-8-19-15(11)9-13/h1-9,16-17,19,21H,10H2,(H,20,22)/t16-,17+/m0/s1. The first kappa shape index (κ1) is 13.1. The van der Waals surface area contributed by atoms with Crippen LogP contribution in [0.2, 0.25) is 0 Å². The van der Waals surface area contributed by atoms with E-state index in [2.05, 4.69) is 10.3 Å². The van der Waals surface area contributed by atoms with E-state index >= 15 is 0 Å². The van der Waals surface area contributed by atoms with E-state index in [0.29, 0.717) is 12.0 Å². The van der Waals surface area contributed by atoms with Crippen LogP contribution in [-0.4, -0.2) is 22.1 Å². The van der Waals surface area contributed by atoms with Crippen molar-refractivity contribution in [1.29, 1.82) is 0 Å². The molecule has 4 heteroatoms. The van der Waals surface area contributed by atoms with Crippen LogP contribution in [-0.2, 0) is 6.42 Å². The monoisotopic (exact) mass is 292 g/mol. The minimum Gasteiger partial charge on any atom is -0.390 e. The van der Waals surface area contributed by atoms with Gasteiger partial charge in [0.1, 0.15) is 0 Å². The molecular weight excluding hydrogens is 276 g/mol. The van der Waals surface area contributed by atoms with Crippen molar-refractivity contribution < 1.29 is 9.90 Å².